The van der Waals surface area contributed by atoms with Crippen LogP contribution in [0.1, 0.15) is 94.9 Å². The lowest BCUT2D eigenvalue weighted by molar-refractivity contribution is -0.318. The first-order valence-corrected chi connectivity index (χ1v) is 19.1. The number of aliphatic hydroxyl groups is 5. The monoisotopic (exact) mass is 749 g/mol. The normalized spacial score (nSPS) is 49.6. The van der Waals surface area contributed by atoms with Crippen molar-refractivity contribution >= 4 is 5.97 Å². The first-order valence-electron chi connectivity index (χ1n) is 19.1. The van der Waals surface area contributed by atoms with Crippen LogP contribution in [0.4, 0.5) is 0 Å². The highest BCUT2D eigenvalue weighted by Gasteiger charge is 2.52. The highest BCUT2D eigenvalue weighted by molar-refractivity contribution is 5.73. The van der Waals surface area contributed by atoms with E-state index in [9.17, 15) is 30.3 Å². The highest BCUT2D eigenvalue weighted by Crippen LogP contribution is 2.40. The second-order valence-corrected chi connectivity index (χ2v) is 17.2. The average molecular weight is 749 g/mol. The number of carbonyl (C=O) groups excluding carboxylic acids is 1. The molecule has 0 aromatic heterocycles. The number of hydrogen-bond donors (Lipinski definition) is 5. The Balaban J connectivity index is 2.17. The van der Waals surface area contributed by atoms with Crippen LogP contribution in [-0.4, -0.2) is 166 Å². The van der Waals surface area contributed by atoms with Gasteiger partial charge in [0.1, 0.15) is 30.0 Å². The zero-order chi connectivity index (χ0) is 39.7. The summed E-state index contributed by atoms with van der Waals surface area (Å²) in [6.07, 6.45) is -8.19. The van der Waals surface area contributed by atoms with Crippen molar-refractivity contribution in [2.24, 2.45) is 17.8 Å². The predicted octanol–water partition coefficient (Wildman–Crippen LogP) is 1.90. The molecule has 3 heterocycles. The molecule has 14 heteroatoms. The van der Waals surface area contributed by atoms with E-state index in [1.807, 2.05) is 51.7 Å². The van der Waals surface area contributed by atoms with Gasteiger partial charge in [-0.1, -0.05) is 20.8 Å². The van der Waals surface area contributed by atoms with Crippen LogP contribution in [0.25, 0.3) is 0 Å². The fraction of sp³-hybridized carbons (Fsp3) is 0.974. The van der Waals surface area contributed by atoms with Gasteiger partial charge in [-0.15, -0.1) is 0 Å². The predicted molar refractivity (Wildman–Crippen MR) is 194 cm³/mol. The number of ether oxygens (including phenoxy) is 6. The van der Waals surface area contributed by atoms with E-state index >= 15 is 0 Å². The van der Waals surface area contributed by atoms with Crippen molar-refractivity contribution in [2.75, 3.05) is 34.8 Å². The summed E-state index contributed by atoms with van der Waals surface area (Å²) in [5.41, 5.74) is -4.37. The molecule has 3 fully saturated rings. The molecule has 1 unspecified atom stereocenters. The van der Waals surface area contributed by atoms with Gasteiger partial charge in [-0.05, 0) is 94.8 Å². The van der Waals surface area contributed by atoms with Gasteiger partial charge in [0.15, 0.2) is 12.6 Å². The third-order valence-electron chi connectivity index (χ3n) is 12.2. The lowest BCUT2D eigenvalue weighted by Crippen LogP contribution is -2.60. The Kier molecular flexibility index (Phi) is 15.6. The number of rotatable bonds is 7. The quantitative estimate of drug-likeness (QED) is 0.238. The lowest BCUT2D eigenvalue weighted by atomic mass is 9.77. The molecular weight excluding hydrogens is 676 g/mol. The maximum atomic E-state index is 14.2. The van der Waals surface area contributed by atoms with Crippen LogP contribution >= 0.6 is 0 Å². The second-order valence-electron chi connectivity index (χ2n) is 17.2. The van der Waals surface area contributed by atoms with E-state index in [2.05, 4.69) is 0 Å². The maximum Gasteiger partial charge on any atom is 0.311 e. The molecule has 0 radical (unpaired) electrons. The minimum atomic E-state index is -1.80. The molecule has 3 saturated heterocycles. The molecule has 5 N–H and O–H groups in total. The van der Waals surface area contributed by atoms with Gasteiger partial charge in [-0.3, -0.25) is 4.79 Å². The van der Waals surface area contributed by atoms with Crippen LogP contribution in [0.5, 0.6) is 0 Å². The summed E-state index contributed by atoms with van der Waals surface area (Å²) in [5, 5.41) is 58.1. The second kappa shape index (κ2) is 17.8. The molecule has 0 spiro atoms. The molecule has 3 aliphatic rings. The number of likely N-dealkylation sites (N-methyl/N-ethyl adjacent to an activating group) is 2. The Bertz CT molecular complexity index is 1140. The van der Waals surface area contributed by atoms with Crippen LogP contribution in [0.15, 0.2) is 0 Å². The number of esters is 1. The van der Waals surface area contributed by atoms with Gasteiger partial charge in [-0.25, -0.2) is 0 Å². The summed E-state index contributed by atoms with van der Waals surface area (Å²) in [7, 11) is 7.12. The molecule has 3 rings (SSSR count). The van der Waals surface area contributed by atoms with E-state index in [4.69, 9.17) is 28.4 Å². The summed E-state index contributed by atoms with van der Waals surface area (Å²) >= 11 is 0. The van der Waals surface area contributed by atoms with E-state index < -0.39 is 96.0 Å². The Labute approximate surface area is 312 Å². The topological polar surface area (TPSA) is 180 Å². The van der Waals surface area contributed by atoms with Gasteiger partial charge in [0, 0.05) is 38.1 Å². The van der Waals surface area contributed by atoms with Gasteiger partial charge in [-0.2, -0.15) is 0 Å². The summed E-state index contributed by atoms with van der Waals surface area (Å²) in [5.74, 6) is -2.58. The smallest absolute Gasteiger partial charge is 0.311 e. The van der Waals surface area contributed by atoms with E-state index in [-0.39, 0.29) is 37.3 Å². The van der Waals surface area contributed by atoms with E-state index in [0.29, 0.717) is 13.0 Å². The SMILES string of the molecule is CC[C@H]1OC(=O)[C@H](C)[C@@H](OC2C[C@](C)(OC)[C@@H](O)[C@H](C)O2)[C@H](C)[C@@H](O[C@@H]2O[C@H](C)C[C@H](N(C)C)[C@H]2O)[C@](C)(O)C[C@@H](C)CN(C)[C@H](C)[C@@H](O)[C@]1(C)O. The van der Waals surface area contributed by atoms with Crippen molar-refractivity contribution in [3.63, 3.8) is 0 Å². The molecule has 306 valence electrons. The molecular formula is C38H72N2O12. The minimum absolute atomic E-state index is 0.133. The summed E-state index contributed by atoms with van der Waals surface area (Å²) < 4.78 is 37.5. The van der Waals surface area contributed by atoms with Crippen LogP contribution in [0.3, 0.4) is 0 Å². The fourth-order valence-corrected chi connectivity index (χ4v) is 8.74. The van der Waals surface area contributed by atoms with Gasteiger partial charge < -0.3 is 63.8 Å². The Morgan fingerprint density at radius 1 is 0.942 bits per heavy atom. The number of carbonyl (C=O) groups is 1. The van der Waals surface area contributed by atoms with Crippen LogP contribution in [-0.2, 0) is 33.2 Å². The van der Waals surface area contributed by atoms with Gasteiger partial charge in [0.05, 0.1) is 41.5 Å². The minimum Gasteiger partial charge on any atom is -0.459 e. The van der Waals surface area contributed by atoms with Crippen molar-refractivity contribution in [1.29, 1.82) is 0 Å². The highest BCUT2D eigenvalue weighted by atomic mass is 16.7. The van der Waals surface area contributed by atoms with Crippen molar-refractivity contribution in [2.45, 2.75) is 185 Å². The van der Waals surface area contributed by atoms with Crippen LogP contribution in [0.2, 0.25) is 0 Å². The molecule has 0 aromatic rings. The zero-order valence-corrected chi connectivity index (χ0v) is 34.2. The molecule has 14 nitrogen and oxygen atoms in total. The molecule has 0 aliphatic carbocycles. The average Bonchev–Trinajstić information content (AvgIpc) is 3.05. The molecule has 0 saturated carbocycles. The van der Waals surface area contributed by atoms with E-state index in [0.717, 1.165) is 0 Å². The largest absolute Gasteiger partial charge is 0.459 e. The van der Waals surface area contributed by atoms with Gasteiger partial charge >= 0.3 is 5.97 Å². The van der Waals surface area contributed by atoms with Crippen molar-refractivity contribution in [1.82, 2.24) is 9.80 Å². The summed E-state index contributed by atoms with van der Waals surface area (Å²) in [4.78, 5) is 18.0. The van der Waals surface area contributed by atoms with Crippen molar-refractivity contribution in [3.8, 4) is 0 Å². The van der Waals surface area contributed by atoms with Crippen LogP contribution in [0, 0.1) is 17.8 Å². The third kappa shape index (κ3) is 10.0. The molecule has 3 aliphatic heterocycles. The van der Waals surface area contributed by atoms with Crippen LogP contribution < -0.4 is 0 Å². The molecule has 0 amide bonds. The Hall–Kier alpha value is -1.01. The molecule has 0 aromatic carbocycles. The summed E-state index contributed by atoms with van der Waals surface area (Å²) in [6.45, 7) is 18.0. The Morgan fingerprint density at radius 3 is 2.12 bits per heavy atom. The Morgan fingerprint density at radius 2 is 1.56 bits per heavy atom. The van der Waals surface area contributed by atoms with Crippen molar-refractivity contribution < 1.29 is 58.7 Å². The third-order valence-corrected chi connectivity index (χ3v) is 12.2. The number of nitrogens with zero attached hydrogens (tertiary/aromatic N) is 2. The number of hydrogen-bond acceptors (Lipinski definition) is 14. The first-order chi connectivity index (χ1) is 23.9. The van der Waals surface area contributed by atoms with Crippen molar-refractivity contribution in [3.05, 3.63) is 0 Å². The summed E-state index contributed by atoms with van der Waals surface area (Å²) in [6, 6.07) is -0.808. The van der Waals surface area contributed by atoms with Gasteiger partial charge in [0.25, 0.3) is 0 Å². The van der Waals surface area contributed by atoms with Gasteiger partial charge in [0.2, 0.25) is 0 Å². The molecule has 52 heavy (non-hydrogen) atoms. The maximum absolute atomic E-state index is 14.2. The lowest BCUT2D eigenvalue weighted by Gasteiger charge is -2.48. The fourth-order valence-electron chi connectivity index (χ4n) is 8.74. The standard InChI is InChI=1S/C38H72N2O12/c1-15-27-38(10,46)31(42)24(6)40(13)19-20(2)17-36(8,45)33(52-35-29(41)26(39(11)12)16-21(3)48-35)22(4)30(23(5)34(44)50-27)51-28-18-37(9,47-14)32(43)25(7)49-28/h20-33,35,41-43,45-46H,15-19H2,1-14H3/t20-,21-,22+,23-,24-,25+,26+,27-,28?,29-,30+,31-,32+,33-,35+,36-,37+,38-/m1/s1. The number of aliphatic hydroxyl groups excluding tert-OH is 3. The van der Waals surface area contributed by atoms with E-state index in [1.165, 1.54) is 14.0 Å². The number of methoxy groups -OCH3 is 1. The number of cyclic esters (lactones) is 1. The molecule has 0 bridgehead atoms. The zero-order valence-electron chi connectivity index (χ0n) is 34.2. The molecule has 18 atom stereocenters. The first kappa shape index (κ1) is 45.4. The van der Waals surface area contributed by atoms with E-state index in [1.54, 1.807) is 41.5 Å².